The van der Waals surface area contributed by atoms with Gasteiger partial charge in [0.2, 0.25) is 11.8 Å². The lowest BCUT2D eigenvalue weighted by molar-refractivity contribution is -0.140. The van der Waals surface area contributed by atoms with E-state index in [4.69, 9.17) is 4.74 Å². The lowest BCUT2D eigenvalue weighted by atomic mass is 10.1. The molecule has 30 heavy (non-hydrogen) atoms. The van der Waals surface area contributed by atoms with E-state index in [2.05, 4.69) is 10.6 Å². The first-order chi connectivity index (χ1) is 13.9. The summed E-state index contributed by atoms with van der Waals surface area (Å²) < 4.78 is 28.5. The van der Waals surface area contributed by atoms with E-state index in [1.54, 1.807) is 0 Å². The third-order valence-corrected chi connectivity index (χ3v) is 6.30. The second-order valence-electron chi connectivity index (χ2n) is 7.21. The number of carbonyl (C=O) groups excluding carboxylic acids is 4. The zero-order chi connectivity index (χ0) is 22.6. The average molecular weight is 439 g/mol. The van der Waals surface area contributed by atoms with Gasteiger partial charge in [0, 0.05) is 38.3 Å². The Bertz CT molecular complexity index is 940. The molecule has 1 saturated heterocycles. The van der Waals surface area contributed by atoms with Crippen LogP contribution in [0.4, 0.5) is 11.4 Å². The first kappa shape index (κ1) is 23.3. The number of nitrogens with zero attached hydrogens (tertiary/aromatic N) is 1. The van der Waals surface area contributed by atoms with Crippen molar-refractivity contribution in [1.29, 1.82) is 0 Å². The quantitative estimate of drug-likeness (QED) is 0.625. The monoisotopic (exact) mass is 439 g/mol. The Morgan fingerprint density at radius 1 is 1.07 bits per heavy atom. The SMILES string of the molecule is CC(=O)Nc1cc(NC(C)=O)cc(C(=O)O[C@@H](C)C(=O)N(C)[C@@H]2CCS(=O)(=O)C2)c1. The van der Waals surface area contributed by atoms with E-state index in [9.17, 15) is 27.6 Å². The van der Waals surface area contributed by atoms with Gasteiger partial charge < -0.3 is 20.3 Å². The van der Waals surface area contributed by atoms with Crippen molar-refractivity contribution in [2.75, 3.05) is 29.2 Å². The summed E-state index contributed by atoms with van der Waals surface area (Å²) in [6.45, 7) is 3.98. The van der Waals surface area contributed by atoms with Crippen molar-refractivity contribution in [1.82, 2.24) is 4.90 Å². The number of hydrogen-bond acceptors (Lipinski definition) is 7. The maximum absolute atomic E-state index is 12.6. The summed E-state index contributed by atoms with van der Waals surface area (Å²) >= 11 is 0. The molecule has 0 unspecified atom stereocenters. The zero-order valence-electron chi connectivity index (χ0n) is 17.2. The second-order valence-corrected chi connectivity index (χ2v) is 9.44. The molecule has 0 bridgehead atoms. The molecule has 10 nitrogen and oxygen atoms in total. The maximum atomic E-state index is 12.6. The normalized spacial score (nSPS) is 18.2. The minimum absolute atomic E-state index is 0.0192. The molecular weight excluding hydrogens is 414 g/mol. The van der Waals surface area contributed by atoms with Crippen LogP contribution in [0.1, 0.15) is 37.6 Å². The van der Waals surface area contributed by atoms with E-state index in [0.29, 0.717) is 6.42 Å². The van der Waals surface area contributed by atoms with Gasteiger partial charge in [0.1, 0.15) is 0 Å². The molecule has 0 aliphatic carbocycles. The Morgan fingerprint density at radius 3 is 2.03 bits per heavy atom. The van der Waals surface area contributed by atoms with E-state index in [1.165, 1.54) is 50.9 Å². The molecule has 2 rings (SSSR count). The molecule has 1 aromatic carbocycles. The number of amides is 3. The van der Waals surface area contributed by atoms with Crippen molar-refractivity contribution in [2.24, 2.45) is 0 Å². The first-order valence-electron chi connectivity index (χ1n) is 9.26. The van der Waals surface area contributed by atoms with Gasteiger partial charge in [0.05, 0.1) is 17.1 Å². The molecule has 0 saturated carbocycles. The van der Waals surface area contributed by atoms with Crippen molar-refractivity contribution in [3.8, 4) is 0 Å². The molecule has 1 heterocycles. The highest BCUT2D eigenvalue weighted by atomic mass is 32.2. The molecule has 164 valence electrons. The van der Waals surface area contributed by atoms with Gasteiger partial charge in [-0.15, -0.1) is 0 Å². The first-order valence-corrected chi connectivity index (χ1v) is 11.1. The third-order valence-electron chi connectivity index (χ3n) is 4.54. The number of carbonyl (C=O) groups is 4. The molecule has 1 aromatic rings. The van der Waals surface area contributed by atoms with Crippen LogP contribution in [0.2, 0.25) is 0 Å². The van der Waals surface area contributed by atoms with Crippen molar-refractivity contribution >= 4 is 44.9 Å². The van der Waals surface area contributed by atoms with E-state index < -0.39 is 33.9 Å². The molecule has 2 atom stereocenters. The minimum Gasteiger partial charge on any atom is -0.449 e. The summed E-state index contributed by atoms with van der Waals surface area (Å²) in [5, 5.41) is 5.05. The van der Waals surface area contributed by atoms with Crippen molar-refractivity contribution in [3.63, 3.8) is 0 Å². The van der Waals surface area contributed by atoms with E-state index >= 15 is 0 Å². The predicted molar refractivity (Wildman–Crippen MR) is 110 cm³/mol. The van der Waals surface area contributed by atoms with Crippen LogP contribution in [0.3, 0.4) is 0 Å². The number of sulfone groups is 1. The molecule has 1 aliphatic heterocycles. The van der Waals surface area contributed by atoms with Crippen LogP contribution in [-0.4, -0.2) is 67.7 Å². The van der Waals surface area contributed by atoms with Crippen molar-refractivity contribution in [3.05, 3.63) is 23.8 Å². The van der Waals surface area contributed by atoms with E-state index in [1.807, 2.05) is 0 Å². The van der Waals surface area contributed by atoms with Crippen LogP contribution < -0.4 is 10.6 Å². The van der Waals surface area contributed by atoms with Crippen LogP contribution in [-0.2, 0) is 29.0 Å². The fourth-order valence-electron chi connectivity index (χ4n) is 3.12. The van der Waals surface area contributed by atoms with Crippen LogP contribution >= 0.6 is 0 Å². The highest BCUT2D eigenvalue weighted by Crippen LogP contribution is 2.22. The van der Waals surface area contributed by atoms with Gasteiger partial charge in [0.25, 0.3) is 5.91 Å². The van der Waals surface area contributed by atoms with Gasteiger partial charge in [-0.25, -0.2) is 13.2 Å². The molecule has 3 amide bonds. The van der Waals surface area contributed by atoms with Gasteiger partial charge in [-0.1, -0.05) is 0 Å². The fourth-order valence-corrected chi connectivity index (χ4v) is 4.90. The van der Waals surface area contributed by atoms with Crippen molar-refractivity contribution < 1.29 is 32.3 Å². The molecule has 11 heteroatoms. The topological polar surface area (TPSA) is 139 Å². The van der Waals surface area contributed by atoms with Gasteiger partial charge in [0.15, 0.2) is 15.9 Å². The molecule has 0 spiro atoms. The molecule has 1 aliphatic rings. The summed E-state index contributed by atoms with van der Waals surface area (Å²) in [7, 11) is -1.69. The summed E-state index contributed by atoms with van der Waals surface area (Å²) in [5.74, 6) is -2.19. The summed E-state index contributed by atoms with van der Waals surface area (Å²) in [5.41, 5.74) is 0.566. The van der Waals surface area contributed by atoms with E-state index in [-0.39, 0.29) is 40.3 Å². The zero-order valence-corrected chi connectivity index (χ0v) is 18.0. The van der Waals surface area contributed by atoms with Gasteiger partial charge in [-0.2, -0.15) is 0 Å². The Morgan fingerprint density at radius 2 is 1.60 bits per heavy atom. The second kappa shape index (κ2) is 9.24. The fraction of sp³-hybridized carbons (Fsp3) is 0.474. The number of rotatable bonds is 6. The lowest BCUT2D eigenvalue weighted by Crippen LogP contribution is -2.44. The number of hydrogen-bond donors (Lipinski definition) is 2. The van der Waals surface area contributed by atoms with Gasteiger partial charge >= 0.3 is 5.97 Å². The van der Waals surface area contributed by atoms with Gasteiger partial charge in [-0.05, 0) is 31.5 Å². The Labute approximate surface area is 174 Å². The largest absolute Gasteiger partial charge is 0.449 e. The molecule has 0 aromatic heterocycles. The number of esters is 1. The van der Waals surface area contributed by atoms with Crippen LogP contribution in [0.25, 0.3) is 0 Å². The summed E-state index contributed by atoms with van der Waals surface area (Å²) in [6.07, 6.45) is -0.816. The highest BCUT2D eigenvalue weighted by Gasteiger charge is 2.35. The Hall–Kier alpha value is -2.95. The number of benzene rings is 1. The number of nitrogens with one attached hydrogen (secondary N) is 2. The lowest BCUT2D eigenvalue weighted by Gasteiger charge is -2.26. The molecule has 0 radical (unpaired) electrons. The average Bonchev–Trinajstić information content (AvgIpc) is 2.98. The Balaban J connectivity index is 2.14. The standard InChI is InChI=1S/C19H25N3O7S/c1-11(18(25)22(4)17-5-6-30(27,28)10-17)29-19(26)14-7-15(20-12(2)23)9-16(8-14)21-13(3)24/h7-9,11,17H,5-6,10H2,1-4H3,(H,20,23)(H,21,24)/t11-,17+/m0/s1. The number of anilines is 2. The smallest absolute Gasteiger partial charge is 0.339 e. The maximum Gasteiger partial charge on any atom is 0.339 e. The minimum atomic E-state index is -3.17. The molecule has 2 N–H and O–H groups in total. The number of ether oxygens (including phenoxy) is 1. The third kappa shape index (κ3) is 6.28. The summed E-state index contributed by atoms with van der Waals surface area (Å²) in [6, 6.07) is 3.74. The summed E-state index contributed by atoms with van der Waals surface area (Å²) in [4.78, 5) is 49.1. The van der Waals surface area contributed by atoms with Crippen LogP contribution in [0.5, 0.6) is 0 Å². The predicted octanol–water partition coefficient (Wildman–Crippen LogP) is 0.794. The molecule has 1 fully saturated rings. The van der Waals surface area contributed by atoms with Crippen LogP contribution in [0.15, 0.2) is 18.2 Å². The highest BCUT2D eigenvalue weighted by molar-refractivity contribution is 7.91. The van der Waals surface area contributed by atoms with Gasteiger partial charge in [-0.3, -0.25) is 14.4 Å². The Kier molecular flexibility index (Phi) is 7.19. The number of likely N-dealkylation sites (N-methyl/N-ethyl adjacent to an activating group) is 1. The van der Waals surface area contributed by atoms with Crippen LogP contribution in [0, 0.1) is 0 Å². The van der Waals surface area contributed by atoms with Crippen molar-refractivity contribution in [2.45, 2.75) is 39.3 Å². The van der Waals surface area contributed by atoms with E-state index in [0.717, 1.165) is 0 Å². The molecular formula is C19H25N3O7S.